The Morgan fingerprint density at radius 3 is 2.87 bits per heavy atom. The van der Waals surface area contributed by atoms with Gasteiger partial charge in [0, 0.05) is 27.1 Å². The summed E-state index contributed by atoms with van der Waals surface area (Å²) in [5.74, 6) is -0.334. The van der Waals surface area contributed by atoms with Gasteiger partial charge in [-0.1, -0.05) is 0 Å². The standard InChI is InChI=1S/C15H11N3O3S2/c1-9-4-5-22-14(9)8-16-17-15(19)13-7-10-6-11(18(20)21)2-3-12(10)23-13/h2-8H,1H3,(H,17,19). The molecule has 1 aromatic carbocycles. The Morgan fingerprint density at radius 1 is 1.35 bits per heavy atom. The van der Waals surface area contributed by atoms with E-state index in [-0.39, 0.29) is 11.6 Å². The Balaban J connectivity index is 1.77. The number of nitro benzene ring substituents is 1. The van der Waals surface area contributed by atoms with Gasteiger partial charge in [0.15, 0.2) is 0 Å². The number of hydrazone groups is 1. The molecule has 3 aromatic rings. The summed E-state index contributed by atoms with van der Waals surface area (Å²) in [4.78, 5) is 23.9. The van der Waals surface area contributed by atoms with Crippen LogP contribution >= 0.6 is 22.7 Å². The van der Waals surface area contributed by atoms with E-state index in [4.69, 9.17) is 0 Å². The van der Waals surface area contributed by atoms with Gasteiger partial charge in [-0.15, -0.1) is 22.7 Å². The molecule has 0 unspecified atom stereocenters. The first kappa shape index (κ1) is 15.3. The minimum atomic E-state index is -0.454. The molecule has 0 radical (unpaired) electrons. The van der Waals surface area contributed by atoms with Gasteiger partial charge in [-0.2, -0.15) is 5.10 Å². The Bertz CT molecular complexity index is 927. The molecule has 2 aromatic heterocycles. The second-order valence-electron chi connectivity index (χ2n) is 4.76. The van der Waals surface area contributed by atoms with E-state index in [2.05, 4.69) is 10.5 Å². The topological polar surface area (TPSA) is 84.6 Å². The summed E-state index contributed by atoms with van der Waals surface area (Å²) >= 11 is 2.81. The van der Waals surface area contributed by atoms with Crippen LogP contribution in [0.3, 0.4) is 0 Å². The minimum Gasteiger partial charge on any atom is -0.266 e. The molecule has 0 spiro atoms. The zero-order chi connectivity index (χ0) is 16.4. The number of thiophene rings is 2. The van der Waals surface area contributed by atoms with E-state index in [9.17, 15) is 14.9 Å². The lowest BCUT2D eigenvalue weighted by Crippen LogP contribution is -2.16. The van der Waals surface area contributed by atoms with Crippen LogP contribution in [0.4, 0.5) is 5.69 Å². The molecule has 0 aliphatic rings. The summed E-state index contributed by atoms with van der Waals surface area (Å²) in [6.07, 6.45) is 1.61. The molecular weight excluding hydrogens is 334 g/mol. The molecule has 1 amide bonds. The van der Waals surface area contributed by atoms with E-state index in [1.54, 1.807) is 29.7 Å². The fourth-order valence-corrected chi connectivity index (χ4v) is 3.70. The molecule has 3 rings (SSSR count). The van der Waals surface area contributed by atoms with Gasteiger partial charge in [-0.25, -0.2) is 5.43 Å². The molecule has 0 aliphatic carbocycles. The van der Waals surface area contributed by atoms with E-state index >= 15 is 0 Å². The SMILES string of the molecule is Cc1ccsc1C=NNC(=O)c1cc2cc([N+](=O)[O-])ccc2s1. The summed E-state index contributed by atoms with van der Waals surface area (Å²) < 4.78 is 0.818. The average Bonchev–Trinajstić information content (AvgIpc) is 3.12. The Morgan fingerprint density at radius 2 is 2.17 bits per heavy atom. The van der Waals surface area contributed by atoms with Crippen LogP contribution in [0.25, 0.3) is 10.1 Å². The number of aryl methyl sites for hydroxylation is 1. The lowest BCUT2D eigenvalue weighted by molar-refractivity contribution is -0.384. The molecule has 23 heavy (non-hydrogen) atoms. The van der Waals surface area contributed by atoms with Crippen LogP contribution in [0.15, 0.2) is 40.8 Å². The van der Waals surface area contributed by atoms with Crippen molar-refractivity contribution in [2.45, 2.75) is 6.92 Å². The number of amides is 1. The fraction of sp³-hybridized carbons (Fsp3) is 0.0667. The number of hydrogen-bond acceptors (Lipinski definition) is 6. The maximum absolute atomic E-state index is 12.1. The van der Waals surface area contributed by atoms with E-state index < -0.39 is 4.92 Å². The predicted octanol–water partition coefficient (Wildman–Crippen LogP) is 3.94. The van der Waals surface area contributed by atoms with Gasteiger partial charge in [-0.05, 0) is 36.1 Å². The zero-order valence-corrected chi connectivity index (χ0v) is 13.6. The molecule has 2 heterocycles. The monoisotopic (exact) mass is 345 g/mol. The summed E-state index contributed by atoms with van der Waals surface area (Å²) in [7, 11) is 0. The Kier molecular flexibility index (Phi) is 4.18. The highest BCUT2D eigenvalue weighted by Gasteiger charge is 2.12. The van der Waals surface area contributed by atoms with Crippen LogP contribution < -0.4 is 5.43 Å². The first-order valence-electron chi connectivity index (χ1n) is 6.60. The van der Waals surface area contributed by atoms with Crippen LogP contribution in [0, 0.1) is 17.0 Å². The van der Waals surface area contributed by atoms with Crippen molar-refractivity contribution in [2.75, 3.05) is 0 Å². The number of carbonyl (C=O) groups excluding carboxylic acids is 1. The van der Waals surface area contributed by atoms with Crippen molar-refractivity contribution in [3.8, 4) is 0 Å². The number of rotatable bonds is 4. The van der Waals surface area contributed by atoms with Gasteiger partial charge in [0.1, 0.15) is 0 Å². The van der Waals surface area contributed by atoms with Crippen molar-refractivity contribution < 1.29 is 9.72 Å². The third kappa shape index (κ3) is 3.27. The maximum atomic E-state index is 12.1. The molecular formula is C15H11N3O3S2. The minimum absolute atomic E-state index is 0.00782. The van der Waals surface area contributed by atoms with Gasteiger partial charge < -0.3 is 0 Å². The van der Waals surface area contributed by atoms with Gasteiger partial charge in [0.05, 0.1) is 16.0 Å². The van der Waals surface area contributed by atoms with Crippen molar-refractivity contribution in [1.29, 1.82) is 0 Å². The lowest BCUT2D eigenvalue weighted by Gasteiger charge is -1.95. The van der Waals surface area contributed by atoms with Gasteiger partial charge in [-0.3, -0.25) is 14.9 Å². The van der Waals surface area contributed by atoms with Gasteiger partial charge in [0.25, 0.3) is 11.6 Å². The lowest BCUT2D eigenvalue weighted by atomic mass is 10.2. The van der Waals surface area contributed by atoms with E-state index in [1.165, 1.54) is 23.5 Å². The molecule has 0 atom stereocenters. The van der Waals surface area contributed by atoms with E-state index in [0.717, 1.165) is 15.1 Å². The number of fused-ring (bicyclic) bond motifs is 1. The highest BCUT2D eigenvalue weighted by Crippen LogP contribution is 2.28. The first-order chi connectivity index (χ1) is 11.0. The largest absolute Gasteiger partial charge is 0.281 e. The van der Waals surface area contributed by atoms with Crippen LogP contribution in [-0.4, -0.2) is 17.0 Å². The average molecular weight is 345 g/mol. The number of nitrogens with one attached hydrogen (secondary N) is 1. The summed E-state index contributed by atoms with van der Waals surface area (Å²) in [5, 5.41) is 17.4. The third-order valence-electron chi connectivity index (χ3n) is 3.18. The molecule has 0 saturated carbocycles. The smallest absolute Gasteiger partial charge is 0.266 e. The van der Waals surface area contributed by atoms with Crippen LogP contribution in [0.5, 0.6) is 0 Å². The van der Waals surface area contributed by atoms with Crippen LogP contribution in [0.1, 0.15) is 20.1 Å². The van der Waals surface area contributed by atoms with Crippen molar-refractivity contribution in [2.24, 2.45) is 5.10 Å². The second-order valence-corrected chi connectivity index (χ2v) is 6.79. The van der Waals surface area contributed by atoms with Crippen molar-refractivity contribution in [3.05, 3.63) is 61.1 Å². The second kappa shape index (κ2) is 6.27. The maximum Gasteiger partial charge on any atom is 0.281 e. The molecule has 6 nitrogen and oxygen atoms in total. The fourth-order valence-electron chi connectivity index (χ4n) is 1.98. The third-order valence-corrected chi connectivity index (χ3v) is 5.25. The van der Waals surface area contributed by atoms with Crippen LogP contribution in [0.2, 0.25) is 0 Å². The van der Waals surface area contributed by atoms with Crippen molar-refractivity contribution in [3.63, 3.8) is 0 Å². The number of hydrogen-bond donors (Lipinski definition) is 1. The molecule has 0 saturated heterocycles. The van der Waals surface area contributed by atoms with Crippen molar-refractivity contribution in [1.82, 2.24) is 5.43 Å². The predicted molar refractivity (Wildman–Crippen MR) is 92.6 cm³/mol. The summed E-state index contributed by atoms with van der Waals surface area (Å²) in [5.41, 5.74) is 3.58. The highest BCUT2D eigenvalue weighted by molar-refractivity contribution is 7.20. The van der Waals surface area contributed by atoms with Gasteiger partial charge >= 0.3 is 0 Å². The number of non-ortho nitro benzene ring substituents is 1. The molecule has 116 valence electrons. The number of carbonyl (C=O) groups is 1. The molecule has 0 aliphatic heterocycles. The first-order valence-corrected chi connectivity index (χ1v) is 8.29. The van der Waals surface area contributed by atoms with Gasteiger partial charge in [0.2, 0.25) is 0 Å². The zero-order valence-electron chi connectivity index (χ0n) is 12.0. The molecule has 1 N–H and O–H groups in total. The number of nitrogens with zero attached hydrogens (tertiary/aromatic N) is 2. The Labute approximate surface area is 139 Å². The normalized spacial score (nSPS) is 11.2. The van der Waals surface area contributed by atoms with E-state index in [0.29, 0.717) is 10.3 Å². The molecule has 0 fully saturated rings. The number of benzene rings is 1. The molecule has 8 heteroatoms. The van der Waals surface area contributed by atoms with Crippen LogP contribution in [-0.2, 0) is 0 Å². The van der Waals surface area contributed by atoms with E-state index in [1.807, 2.05) is 18.4 Å². The summed E-state index contributed by atoms with van der Waals surface area (Å²) in [6, 6.07) is 8.15. The van der Waals surface area contributed by atoms with Crippen molar-refractivity contribution >= 4 is 50.6 Å². The molecule has 0 bridgehead atoms. The summed E-state index contributed by atoms with van der Waals surface area (Å²) in [6.45, 7) is 1.97. The quantitative estimate of drug-likeness (QED) is 0.441. The Hall–Kier alpha value is -2.58. The number of nitro groups is 1. The highest BCUT2D eigenvalue weighted by atomic mass is 32.1.